The van der Waals surface area contributed by atoms with E-state index in [-0.39, 0.29) is 5.02 Å². The normalized spacial score (nSPS) is 10.9. The van der Waals surface area contributed by atoms with E-state index in [1.807, 2.05) is 24.3 Å². The summed E-state index contributed by atoms with van der Waals surface area (Å²) in [7, 11) is 0. The maximum absolute atomic E-state index is 13.4. The van der Waals surface area contributed by atoms with Crippen LogP contribution in [-0.2, 0) is 6.54 Å². The summed E-state index contributed by atoms with van der Waals surface area (Å²) in [5, 5.41) is 5.09. The van der Waals surface area contributed by atoms with Gasteiger partial charge in [0.05, 0.1) is 16.6 Å². The van der Waals surface area contributed by atoms with Gasteiger partial charge in [-0.15, -0.1) is 11.3 Å². The van der Waals surface area contributed by atoms with Crippen molar-refractivity contribution in [1.29, 1.82) is 0 Å². The van der Waals surface area contributed by atoms with Crippen molar-refractivity contribution in [2.45, 2.75) is 6.54 Å². The molecular weight excluding hydrogens is 316 g/mol. The van der Waals surface area contributed by atoms with Crippen LogP contribution in [0, 0.1) is 5.82 Å². The molecule has 0 bridgehead atoms. The highest BCUT2D eigenvalue weighted by Gasteiger charge is 2.09. The Morgan fingerprint density at radius 3 is 2.65 bits per heavy atom. The number of hydrogen-bond acceptors (Lipinski definition) is 2. The van der Waals surface area contributed by atoms with Crippen molar-refractivity contribution in [2.75, 3.05) is 5.32 Å². The molecule has 1 N–H and O–H groups in total. The lowest BCUT2D eigenvalue weighted by Gasteiger charge is -2.06. The molecule has 20 heavy (non-hydrogen) atoms. The first-order valence-corrected chi connectivity index (χ1v) is 7.57. The van der Waals surface area contributed by atoms with Crippen LogP contribution in [0.3, 0.4) is 0 Å². The third-order valence-corrected chi connectivity index (χ3v) is 5.00. The van der Waals surface area contributed by atoms with E-state index in [2.05, 4.69) is 5.32 Å². The second-order valence-electron chi connectivity index (χ2n) is 4.32. The highest BCUT2D eigenvalue weighted by atomic mass is 35.5. The Morgan fingerprint density at radius 1 is 1.10 bits per heavy atom. The quantitative estimate of drug-likeness (QED) is 0.626. The van der Waals surface area contributed by atoms with Gasteiger partial charge in [-0.05, 0) is 24.3 Å². The average molecular weight is 326 g/mol. The molecule has 0 atom stereocenters. The number of benzene rings is 2. The Kier molecular flexibility index (Phi) is 3.83. The molecule has 0 saturated carbocycles. The van der Waals surface area contributed by atoms with Crippen molar-refractivity contribution in [1.82, 2.24) is 0 Å². The molecule has 1 heterocycles. The molecule has 3 rings (SSSR count). The minimum atomic E-state index is -0.431. The number of fused-ring (bicyclic) bond motifs is 1. The molecule has 0 radical (unpaired) electrons. The monoisotopic (exact) mass is 325 g/mol. The molecule has 0 fully saturated rings. The fraction of sp³-hybridized carbons (Fsp3) is 0.0667. The van der Waals surface area contributed by atoms with Crippen LogP contribution in [0.1, 0.15) is 4.88 Å². The first-order chi connectivity index (χ1) is 9.65. The Labute approximate surface area is 129 Å². The molecule has 0 unspecified atom stereocenters. The lowest BCUT2D eigenvalue weighted by molar-refractivity contribution is 0.628. The topological polar surface area (TPSA) is 12.0 Å². The van der Waals surface area contributed by atoms with Crippen LogP contribution in [0.15, 0.2) is 42.5 Å². The fourth-order valence-corrected chi connectivity index (χ4v) is 3.52. The predicted molar refractivity (Wildman–Crippen MR) is 85.6 cm³/mol. The molecule has 2 aromatic carbocycles. The number of hydrogen-bond donors (Lipinski definition) is 1. The third kappa shape index (κ3) is 2.62. The van der Waals surface area contributed by atoms with Crippen LogP contribution in [0.5, 0.6) is 0 Å². The largest absolute Gasteiger partial charge is 0.380 e. The number of halogens is 3. The van der Waals surface area contributed by atoms with Gasteiger partial charge in [0.2, 0.25) is 0 Å². The van der Waals surface area contributed by atoms with Gasteiger partial charge in [-0.3, -0.25) is 0 Å². The van der Waals surface area contributed by atoms with E-state index < -0.39 is 5.82 Å². The van der Waals surface area contributed by atoms with Gasteiger partial charge in [0.1, 0.15) is 5.82 Å². The van der Waals surface area contributed by atoms with Gasteiger partial charge in [-0.2, -0.15) is 0 Å². The Morgan fingerprint density at radius 2 is 1.90 bits per heavy atom. The van der Waals surface area contributed by atoms with E-state index in [0.717, 1.165) is 20.0 Å². The molecular formula is C15H10Cl2FNS. The summed E-state index contributed by atoms with van der Waals surface area (Å²) in [4.78, 5) is 1.03. The first-order valence-electron chi connectivity index (χ1n) is 6.00. The SMILES string of the molecule is Fc1cc(NCc2sc3ccccc3c2Cl)ccc1Cl. The van der Waals surface area contributed by atoms with E-state index in [0.29, 0.717) is 12.2 Å². The van der Waals surface area contributed by atoms with E-state index in [1.54, 1.807) is 17.4 Å². The summed E-state index contributed by atoms with van der Waals surface area (Å²) in [6, 6.07) is 12.6. The number of nitrogens with one attached hydrogen (secondary N) is 1. The molecule has 0 spiro atoms. The summed E-state index contributed by atoms with van der Waals surface area (Å²) < 4.78 is 14.5. The number of thiophene rings is 1. The molecule has 1 nitrogen and oxygen atoms in total. The van der Waals surface area contributed by atoms with E-state index in [9.17, 15) is 4.39 Å². The van der Waals surface area contributed by atoms with Crippen molar-refractivity contribution in [3.05, 3.63) is 63.2 Å². The maximum Gasteiger partial charge on any atom is 0.143 e. The molecule has 102 valence electrons. The first kappa shape index (κ1) is 13.7. The Hall–Kier alpha value is -1.29. The highest BCUT2D eigenvalue weighted by molar-refractivity contribution is 7.19. The highest BCUT2D eigenvalue weighted by Crippen LogP contribution is 2.35. The molecule has 0 aliphatic heterocycles. The Bertz CT molecular complexity index is 770. The molecule has 0 aliphatic rings. The standard InChI is InChI=1S/C15H10Cl2FNS/c16-11-6-5-9(7-12(11)18)19-8-14-15(17)10-3-1-2-4-13(10)20-14/h1-7,19H,8H2. The zero-order chi connectivity index (χ0) is 14.1. The summed E-state index contributed by atoms with van der Waals surface area (Å²) in [6.07, 6.45) is 0. The van der Waals surface area contributed by atoms with Crippen LogP contribution < -0.4 is 5.32 Å². The van der Waals surface area contributed by atoms with Crippen LogP contribution in [0.25, 0.3) is 10.1 Å². The zero-order valence-electron chi connectivity index (χ0n) is 10.3. The minimum absolute atomic E-state index is 0.121. The van der Waals surface area contributed by atoms with Gasteiger partial charge in [0.25, 0.3) is 0 Å². The van der Waals surface area contributed by atoms with Crippen molar-refractivity contribution < 1.29 is 4.39 Å². The minimum Gasteiger partial charge on any atom is -0.380 e. The van der Waals surface area contributed by atoms with Crippen LogP contribution >= 0.6 is 34.5 Å². The summed E-state index contributed by atoms with van der Waals surface area (Å²) in [5.41, 5.74) is 0.681. The van der Waals surface area contributed by atoms with E-state index >= 15 is 0 Å². The Balaban J connectivity index is 1.83. The second kappa shape index (κ2) is 5.60. The number of rotatable bonds is 3. The van der Waals surface area contributed by atoms with Crippen molar-refractivity contribution >= 4 is 50.3 Å². The smallest absolute Gasteiger partial charge is 0.143 e. The van der Waals surface area contributed by atoms with Crippen LogP contribution in [0.2, 0.25) is 10.0 Å². The zero-order valence-corrected chi connectivity index (χ0v) is 12.6. The number of anilines is 1. The lowest BCUT2D eigenvalue weighted by Crippen LogP contribution is -1.98. The van der Waals surface area contributed by atoms with Gasteiger partial charge in [-0.1, -0.05) is 41.4 Å². The predicted octanol–water partition coefficient (Wildman–Crippen LogP) is 5.96. The molecule has 0 saturated heterocycles. The molecule has 5 heteroatoms. The van der Waals surface area contributed by atoms with Crippen molar-refractivity contribution in [2.24, 2.45) is 0 Å². The van der Waals surface area contributed by atoms with Gasteiger partial charge < -0.3 is 5.32 Å². The lowest BCUT2D eigenvalue weighted by atomic mass is 10.2. The summed E-state index contributed by atoms with van der Waals surface area (Å²) in [6.45, 7) is 0.555. The second-order valence-corrected chi connectivity index (χ2v) is 6.24. The van der Waals surface area contributed by atoms with Crippen molar-refractivity contribution in [3.63, 3.8) is 0 Å². The summed E-state index contributed by atoms with van der Waals surface area (Å²) in [5.74, 6) is -0.431. The summed E-state index contributed by atoms with van der Waals surface area (Å²) >= 11 is 13.6. The average Bonchev–Trinajstić information content (AvgIpc) is 2.77. The van der Waals surface area contributed by atoms with Crippen LogP contribution in [-0.4, -0.2) is 0 Å². The van der Waals surface area contributed by atoms with E-state index in [1.165, 1.54) is 12.1 Å². The van der Waals surface area contributed by atoms with Crippen LogP contribution in [0.4, 0.5) is 10.1 Å². The molecule has 0 aliphatic carbocycles. The van der Waals surface area contributed by atoms with Gasteiger partial charge >= 0.3 is 0 Å². The van der Waals surface area contributed by atoms with E-state index in [4.69, 9.17) is 23.2 Å². The van der Waals surface area contributed by atoms with Gasteiger partial charge in [0, 0.05) is 20.7 Å². The van der Waals surface area contributed by atoms with Gasteiger partial charge in [0.15, 0.2) is 0 Å². The molecule has 1 aromatic heterocycles. The maximum atomic E-state index is 13.4. The van der Waals surface area contributed by atoms with Gasteiger partial charge in [-0.25, -0.2) is 4.39 Å². The van der Waals surface area contributed by atoms with Crippen molar-refractivity contribution in [3.8, 4) is 0 Å². The fourth-order valence-electron chi connectivity index (χ4n) is 1.97. The molecule has 3 aromatic rings. The molecule has 0 amide bonds. The third-order valence-electron chi connectivity index (χ3n) is 2.97.